The first-order valence-electron chi connectivity index (χ1n) is 8.17. The highest BCUT2D eigenvalue weighted by atomic mass is 32.2. The Hall–Kier alpha value is -2.45. The monoisotopic (exact) mass is 378 g/mol. The molecule has 2 aromatic rings. The Kier molecular flexibility index (Phi) is 4.97. The fourth-order valence-corrected chi connectivity index (χ4v) is 4.76. The standard InChI is InChI=1S/C18H19FN2O4S/c1-12-8-9-14(16(22)11-12)20-18(23)15-6-4-10-21(15)26(24,25)17-7-3-2-5-13(17)19/h2-3,5,7-9,11,15,22H,4,6,10H2,1H3,(H,20,23). The second-order valence-electron chi connectivity index (χ2n) is 6.21. The summed E-state index contributed by atoms with van der Waals surface area (Å²) in [5.41, 5.74) is 1.03. The average molecular weight is 378 g/mol. The molecule has 1 heterocycles. The maximum Gasteiger partial charge on any atom is 0.246 e. The molecule has 8 heteroatoms. The van der Waals surface area contributed by atoms with Crippen LogP contribution in [0.15, 0.2) is 47.4 Å². The zero-order valence-corrected chi connectivity index (χ0v) is 15.0. The van der Waals surface area contributed by atoms with Crippen LogP contribution in [0.25, 0.3) is 0 Å². The minimum absolute atomic E-state index is 0.0974. The van der Waals surface area contributed by atoms with Crippen molar-refractivity contribution in [3.8, 4) is 5.75 Å². The smallest absolute Gasteiger partial charge is 0.246 e. The number of benzene rings is 2. The second kappa shape index (κ2) is 7.05. The van der Waals surface area contributed by atoms with Crippen molar-refractivity contribution in [3.05, 3.63) is 53.8 Å². The number of amides is 1. The van der Waals surface area contributed by atoms with Crippen molar-refractivity contribution in [2.45, 2.75) is 30.7 Å². The van der Waals surface area contributed by atoms with Crippen molar-refractivity contribution < 1.29 is 22.7 Å². The molecule has 0 radical (unpaired) electrons. The van der Waals surface area contributed by atoms with Crippen molar-refractivity contribution in [3.63, 3.8) is 0 Å². The van der Waals surface area contributed by atoms with Crippen LogP contribution < -0.4 is 5.32 Å². The molecule has 2 N–H and O–H groups in total. The van der Waals surface area contributed by atoms with Crippen LogP contribution in [0, 0.1) is 12.7 Å². The first-order chi connectivity index (χ1) is 12.3. The van der Waals surface area contributed by atoms with Gasteiger partial charge >= 0.3 is 0 Å². The minimum atomic E-state index is -4.14. The minimum Gasteiger partial charge on any atom is -0.506 e. The zero-order chi connectivity index (χ0) is 18.9. The van der Waals surface area contributed by atoms with Crippen LogP contribution in [-0.2, 0) is 14.8 Å². The first-order valence-corrected chi connectivity index (χ1v) is 9.61. The third-order valence-electron chi connectivity index (χ3n) is 4.34. The van der Waals surface area contributed by atoms with Crippen LogP contribution in [-0.4, -0.2) is 36.3 Å². The van der Waals surface area contributed by atoms with Gasteiger partial charge in [0.15, 0.2) is 0 Å². The van der Waals surface area contributed by atoms with Gasteiger partial charge in [0.25, 0.3) is 0 Å². The van der Waals surface area contributed by atoms with Crippen molar-refractivity contribution in [2.75, 3.05) is 11.9 Å². The van der Waals surface area contributed by atoms with Crippen molar-refractivity contribution in [2.24, 2.45) is 0 Å². The third kappa shape index (κ3) is 3.42. The summed E-state index contributed by atoms with van der Waals surface area (Å²) in [6, 6.07) is 8.91. The Morgan fingerprint density at radius 2 is 2.00 bits per heavy atom. The van der Waals surface area contributed by atoms with Gasteiger partial charge in [-0.2, -0.15) is 4.31 Å². The number of nitrogens with zero attached hydrogens (tertiary/aromatic N) is 1. The molecule has 0 saturated carbocycles. The molecule has 0 bridgehead atoms. The molecule has 1 aliphatic rings. The molecular formula is C18H19FN2O4S. The molecule has 6 nitrogen and oxygen atoms in total. The molecule has 1 amide bonds. The van der Waals surface area contributed by atoms with E-state index < -0.39 is 32.7 Å². The maximum atomic E-state index is 14.0. The summed E-state index contributed by atoms with van der Waals surface area (Å²) < 4.78 is 40.6. The summed E-state index contributed by atoms with van der Waals surface area (Å²) in [6.07, 6.45) is 0.817. The fraction of sp³-hybridized carbons (Fsp3) is 0.278. The molecule has 3 rings (SSSR count). The van der Waals surface area contributed by atoms with E-state index >= 15 is 0 Å². The SMILES string of the molecule is Cc1ccc(NC(=O)C2CCCN2S(=O)(=O)c2ccccc2F)c(O)c1. The predicted molar refractivity (Wildman–Crippen MR) is 94.8 cm³/mol. The van der Waals surface area contributed by atoms with Gasteiger partial charge in [-0.25, -0.2) is 12.8 Å². The number of anilines is 1. The van der Waals surface area contributed by atoms with E-state index in [0.29, 0.717) is 12.8 Å². The number of halogens is 1. The molecule has 1 atom stereocenters. The number of phenolic OH excluding ortho intramolecular Hbond substituents is 1. The molecule has 0 aromatic heterocycles. The van der Waals surface area contributed by atoms with E-state index in [4.69, 9.17) is 0 Å². The lowest BCUT2D eigenvalue weighted by molar-refractivity contribution is -0.119. The highest BCUT2D eigenvalue weighted by molar-refractivity contribution is 7.89. The molecule has 2 aromatic carbocycles. The van der Waals surface area contributed by atoms with E-state index in [1.54, 1.807) is 19.1 Å². The van der Waals surface area contributed by atoms with Gasteiger partial charge in [0, 0.05) is 6.54 Å². The molecule has 0 aliphatic carbocycles. The molecule has 138 valence electrons. The van der Waals surface area contributed by atoms with Crippen LogP contribution >= 0.6 is 0 Å². The summed E-state index contributed by atoms with van der Waals surface area (Å²) in [7, 11) is -4.14. The highest BCUT2D eigenvalue weighted by Crippen LogP contribution is 2.30. The Morgan fingerprint density at radius 3 is 2.69 bits per heavy atom. The quantitative estimate of drug-likeness (QED) is 0.801. The summed E-state index contributed by atoms with van der Waals surface area (Å²) >= 11 is 0. The van der Waals surface area contributed by atoms with Crippen molar-refractivity contribution in [1.82, 2.24) is 4.31 Å². The Balaban J connectivity index is 1.86. The van der Waals surface area contributed by atoms with E-state index in [-0.39, 0.29) is 18.0 Å². The molecule has 0 spiro atoms. The van der Waals surface area contributed by atoms with E-state index in [1.165, 1.54) is 24.3 Å². The number of rotatable bonds is 4. The second-order valence-corrected chi connectivity index (χ2v) is 8.07. The van der Waals surface area contributed by atoms with Crippen molar-refractivity contribution in [1.29, 1.82) is 0 Å². The average Bonchev–Trinajstić information content (AvgIpc) is 3.08. The van der Waals surface area contributed by atoms with Gasteiger partial charge in [0.05, 0.1) is 5.69 Å². The molecule has 26 heavy (non-hydrogen) atoms. The lowest BCUT2D eigenvalue weighted by Gasteiger charge is -2.23. The lowest BCUT2D eigenvalue weighted by atomic mass is 10.2. The summed E-state index contributed by atoms with van der Waals surface area (Å²) in [5, 5.41) is 12.5. The van der Waals surface area contributed by atoms with E-state index in [1.807, 2.05) is 0 Å². The molecule has 1 aliphatic heterocycles. The van der Waals surface area contributed by atoms with E-state index in [9.17, 15) is 22.7 Å². The molecular weight excluding hydrogens is 359 g/mol. The summed E-state index contributed by atoms with van der Waals surface area (Å²) in [5.74, 6) is -1.50. The Labute approximate surface area is 151 Å². The van der Waals surface area contributed by atoms with Gasteiger partial charge in [0.1, 0.15) is 22.5 Å². The normalized spacial score (nSPS) is 18.0. The van der Waals surface area contributed by atoms with Crippen molar-refractivity contribution >= 4 is 21.6 Å². The number of carbonyl (C=O) groups excluding carboxylic acids is 1. The number of hydrogen-bond donors (Lipinski definition) is 2. The highest BCUT2D eigenvalue weighted by Gasteiger charge is 2.40. The Morgan fingerprint density at radius 1 is 1.27 bits per heavy atom. The fourth-order valence-electron chi connectivity index (χ4n) is 3.03. The largest absolute Gasteiger partial charge is 0.506 e. The van der Waals surface area contributed by atoms with Crippen LogP contribution in [0.5, 0.6) is 5.75 Å². The number of aromatic hydroxyl groups is 1. The zero-order valence-electron chi connectivity index (χ0n) is 14.1. The summed E-state index contributed by atoms with van der Waals surface area (Å²) in [4.78, 5) is 12.2. The lowest BCUT2D eigenvalue weighted by Crippen LogP contribution is -2.43. The van der Waals surface area contributed by atoms with Crippen LogP contribution in [0.4, 0.5) is 10.1 Å². The van der Waals surface area contributed by atoms with Gasteiger partial charge in [-0.3, -0.25) is 4.79 Å². The number of hydrogen-bond acceptors (Lipinski definition) is 4. The van der Waals surface area contributed by atoms with Gasteiger partial charge < -0.3 is 10.4 Å². The number of sulfonamides is 1. The predicted octanol–water partition coefficient (Wildman–Crippen LogP) is 2.63. The maximum absolute atomic E-state index is 14.0. The number of nitrogens with one attached hydrogen (secondary N) is 1. The van der Waals surface area contributed by atoms with Crippen LogP contribution in [0.3, 0.4) is 0 Å². The van der Waals surface area contributed by atoms with Crippen LogP contribution in [0.2, 0.25) is 0 Å². The van der Waals surface area contributed by atoms with Gasteiger partial charge in [0.2, 0.25) is 15.9 Å². The van der Waals surface area contributed by atoms with Gasteiger partial charge in [-0.05, 0) is 49.6 Å². The molecule has 1 unspecified atom stereocenters. The van der Waals surface area contributed by atoms with Gasteiger partial charge in [-0.1, -0.05) is 18.2 Å². The number of aryl methyl sites for hydroxylation is 1. The van der Waals surface area contributed by atoms with Gasteiger partial charge in [-0.15, -0.1) is 0 Å². The molecule has 1 saturated heterocycles. The number of phenols is 1. The van der Waals surface area contributed by atoms with E-state index in [0.717, 1.165) is 15.9 Å². The van der Waals surface area contributed by atoms with E-state index in [2.05, 4.69) is 5.32 Å². The van der Waals surface area contributed by atoms with Crippen LogP contribution in [0.1, 0.15) is 18.4 Å². The molecule has 1 fully saturated rings. The first kappa shape index (κ1) is 18.3. The Bertz CT molecular complexity index is 946. The number of carbonyl (C=O) groups is 1. The third-order valence-corrected chi connectivity index (χ3v) is 6.28. The summed E-state index contributed by atoms with van der Waals surface area (Å²) in [6.45, 7) is 1.93. The topological polar surface area (TPSA) is 86.7 Å².